The topological polar surface area (TPSA) is 0 Å². The fourth-order valence-electron chi connectivity index (χ4n) is 0. The summed E-state index contributed by atoms with van der Waals surface area (Å²) < 4.78 is 0. The molecule has 0 atom stereocenters. The van der Waals surface area contributed by atoms with Crippen molar-refractivity contribution in [3.63, 3.8) is 0 Å². The largest absolute Gasteiger partial charge is 2.00 e. The van der Waals surface area contributed by atoms with Crippen molar-refractivity contribution in [1.29, 1.82) is 0 Å². The molecule has 0 heterocycles. The van der Waals surface area contributed by atoms with Crippen LogP contribution >= 0.6 is 24.8 Å². The van der Waals surface area contributed by atoms with Crippen molar-refractivity contribution >= 4 is 73.7 Å². The molecule has 0 aromatic rings. The van der Waals surface area contributed by atoms with Gasteiger partial charge in [-0.2, -0.15) is 0 Å². The van der Waals surface area contributed by atoms with Crippen LogP contribution in [0.25, 0.3) is 0 Å². The summed E-state index contributed by atoms with van der Waals surface area (Å²) in [5, 5.41) is 0. The van der Waals surface area contributed by atoms with E-state index in [1.807, 2.05) is 0 Å². The van der Waals surface area contributed by atoms with Crippen LogP contribution in [0.1, 0.15) is 4.28 Å². The Morgan fingerprint density at radius 3 is 1.00 bits per heavy atom. The second kappa shape index (κ2) is 17.2. The minimum absolute atomic E-state index is 0. The molecule has 0 bridgehead atoms. The van der Waals surface area contributed by atoms with Crippen LogP contribution in [-0.2, 0) is 0 Å². The summed E-state index contributed by atoms with van der Waals surface area (Å²) in [4.78, 5) is 0. The van der Waals surface area contributed by atoms with Gasteiger partial charge >= 0.3 is 67.7 Å². The van der Waals surface area contributed by atoms with Gasteiger partial charge in [-0.25, -0.2) is 0 Å². The zero-order valence-electron chi connectivity index (χ0n) is 5.52. The average Bonchev–Trinajstić information content (AvgIpc) is 0. The summed E-state index contributed by atoms with van der Waals surface area (Å²) in [6.07, 6.45) is 0. The molecule has 0 amide bonds. The van der Waals surface area contributed by atoms with Gasteiger partial charge < -0.3 is 4.28 Å². The van der Waals surface area contributed by atoms with E-state index in [9.17, 15) is 0 Å². The van der Waals surface area contributed by atoms with Crippen molar-refractivity contribution in [2.45, 2.75) is 0 Å². The zero-order chi connectivity index (χ0) is 0. The van der Waals surface area contributed by atoms with E-state index in [0.717, 1.165) is 0 Å². The molecule has 0 aliphatic rings. The first-order chi connectivity index (χ1) is 0. The van der Waals surface area contributed by atoms with Crippen LogP contribution in [-0.4, -0.2) is 48.9 Å². The van der Waals surface area contributed by atoms with Crippen LogP contribution in [0, 0.1) is 0 Å². The third-order valence-corrected chi connectivity index (χ3v) is 0. The fraction of sp³-hybridized carbons (Fsp3) is 0. The van der Waals surface area contributed by atoms with E-state index >= 15 is 0 Å². The Kier molecular flexibility index (Phi) is 127. The van der Waals surface area contributed by atoms with Crippen molar-refractivity contribution in [2.75, 3.05) is 0 Å². The van der Waals surface area contributed by atoms with Gasteiger partial charge in [0.2, 0.25) is 0 Å². The molecule has 0 saturated carbocycles. The van der Waals surface area contributed by atoms with E-state index in [1.54, 1.807) is 0 Å². The van der Waals surface area contributed by atoms with Gasteiger partial charge in [-0.15, -0.1) is 24.8 Å². The van der Waals surface area contributed by atoms with Crippen molar-refractivity contribution < 1.29 is 23.1 Å². The fourth-order valence-corrected chi connectivity index (χ4v) is 0. The first-order valence-electron chi connectivity index (χ1n) is 0. The molecule has 0 fully saturated rings. The van der Waals surface area contributed by atoms with Crippen molar-refractivity contribution in [1.82, 2.24) is 0 Å². The average molecular weight is 220 g/mol. The molecule has 4 heteroatoms. The van der Waals surface area contributed by atoms with Crippen LogP contribution in [0.15, 0.2) is 0 Å². The third kappa shape index (κ3) is 8.83. The summed E-state index contributed by atoms with van der Waals surface area (Å²) in [5.74, 6) is 0. The molecule has 0 aromatic carbocycles. The van der Waals surface area contributed by atoms with E-state index in [0.29, 0.717) is 0 Å². The van der Waals surface area contributed by atoms with Gasteiger partial charge in [0.15, 0.2) is 0 Å². The molecule has 0 unspecified atom stereocenters. The van der Waals surface area contributed by atoms with Gasteiger partial charge in [0.05, 0.1) is 0 Å². The minimum atomic E-state index is 0. The number of hydrogen-bond donors (Lipinski definition) is 0. The second-order valence-electron chi connectivity index (χ2n) is 0. The van der Waals surface area contributed by atoms with Gasteiger partial charge in [0, 0.05) is 0 Å². The first-order valence-corrected chi connectivity index (χ1v) is 0. The van der Waals surface area contributed by atoms with Crippen LogP contribution in [0.2, 0.25) is 0 Å². The summed E-state index contributed by atoms with van der Waals surface area (Å²) in [7, 11) is 0. The molecule has 4 heavy (non-hydrogen) atoms. The van der Waals surface area contributed by atoms with Gasteiger partial charge in [-0.3, -0.25) is 0 Å². The summed E-state index contributed by atoms with van der Waals surface area (Å²) in [6.45, 7) is 0. The molecule has 0 aliphatic carbocycles. The molecule has 0 rings (SSSR count). The zero-order valence-corrected chi connectivity index (χ0v) is 8.60. The Hall–Kier alpha value is 2.75. The van der Waals surface area contributed by atoms with Gasteiger partial charge in [0.25, 0.3) is 0 Å². The van der Waals surface area contributed by atoms with Gasteiger partial charge in [-0.05, 0) is 0 Å². The molecular weight excluding hydrogens is 215 g/mol. The van der Waals surface area contributed by atoms with E-state index in [-0.39, 0.29) is 96.8 Å². The standard InChI is InChI=1S/Ba.2ClH.Li.3H/h;2*1H;;;;/q+2;;;+1;3*-1. The molecule has 22 valence electrons. The SMILES string of the molecule is Cl.Cl.[Ba+2].[H-].[H-].[H-].[Li+]. The number of halogens is 2. The van der Waals surface area contributed by atoms with Crippen LogP contribution in [0.3, 0.4) is 0 Å². The summed E-state index contributed by atoms with van der Waals surface area (Å²) in [6, 6.07) is 0. The maximum absolute atomic E-state index is 0. The van der Waals surface area contributed by atoms with Crippen LogP contribution < -0.4 is 18.9 Å². The Bertz CT molecular complexity index is 12.9. The molecular formula is H5BaCl2Li. The smallest absolute Gasteiger partial charge is 1.00 e. The van der Waals surface area contributed by atoms with E-state index in [4.69, 9.17) is 0 Å². The predicted molar refractivity (Wildman–Crippen MR) is 23.6 cm³/mol. The summed E-state index contributed by atoms with van der Waals surface area (Å²) in [5.41, 5.74) is 0. The Morgan fingerprint density at radius 1 is 1.00 bits per heavy atom. The molecule has 0 nitrogen and oxygen atoms in total. The number of rotatable bonds is 0. The van der Waals surface area contributed by atoms with Crippen LogP contribution in [0.5, 0.6) is 0 Å². The van der Waals surface area contributed by atoms with Gasteiger partial charge in [0.1, 0.15) is 0 Å². The van der Waals surface area contributed by atoms with E-state index < -0.39 is 0 Å². The summed E-state index contributed by atoms with van der Waals surface area (Å²) >= 11 is 0. The maximum Gasteiger partial charge on any atom is 2.00 e. The first kappa shape index (κ1) is 29.5. The maximum atomic E-state index is 0. The molecule has 0 N–H and O–H groups in total. The third-order valence-electron chi connectivity index (χ3n) is 0. The Labute approximate surface area is 95.0 Å². The number of hydrogen-bond acceptors (Lipinski definition) is 0. The van der Waals surface area contributed by atoms with E-state index in [1.165, 1.54) is 0 Å². The Balaban J connectivity index is 0. The quantitative estimate of drug-likeness (QED) is 0.407. The van der Waals surface area contributed by atoms with E-state index in [2.05, 4.69) is 0 Å². The monoisotopic (exact) mass is 220 g/mol. The normalized spacial score (nSPS) is 0. The van der Waals surface area contributed by atoms with Crippen LogP contribution in [0.4, 0.5) is 0 Å². The van der Waals surface area contributed by atoms with Gasteiger partial charge in [-0.1, -0.05) is 0 Å². The predicted octanol–water partition coefficient (Wildman–Crippen LogP) is -2.20. The molecule has 0 spiro atoms. The molecule has 0 aromatic heterocycles. The second-order valence-corrected chi connectivity index (χ2v) is 0. The molecule has 0 aliphatic heterocycles. The Morgan fingerprint density at radius 2 is 1.00 bits per heavy atom. The molecule has 0 radical (unpaired) electrons. The molecule has 0 saturated heterocycles. The van der Waals surface area contributed by atoms with Crippen molar-refractivity contribution in [3.8, 4) is 0 Å². The minimum Gasteiger partial charge on any atom is -1.00 e. The van der Waals surface area contributed by atoms with Crippen molar-refractivity contribution in [3.05, 3.63) is 0 Å². The van der Waals surface area contributed by atoms with Crippen molar-refractivity contribution in [2.24, 2.45) is 0 Å².